The minimum atomic E-state index is -0.361. The molecule has 1 aromatic rings. The van der Waals surface area contributed by atoms with Crippen LogP contribution < -0.4 is 10.6 Å². The summed E-state index contributed by atoms with van der Waals surface area (Å²) in [6, 6.07) is 0. The van der Waals surface area contributed by atoms with Crippen molar-refractivity contribution in [2.45, 2.75) is 26.6 Å². The maximum absolute atomic E-state index is 5.84. The van der Waals surface area contributed by atoms with E-state index in [9.17, 15) is 0 Å². The second-order valence-corrected chi connectivity index (χ2v) is 3.63. The lowest BCUT2D eigenvalue weighted by Crippen LogP contribution is -2.39. The highest BCUT2D eigenvalue weighted by molar-refractivity contribution is 5.93. The molecule has 0 saturated carbocycles. The Morgan fingerprint density at radius 2 is 2.44 bits per heavy atom. The van der Waals surface area contributed by atoms with Crippen LogP contribution in [0.3, 0.4) is 0 Å². The summed E-state index contributed by atoms with van der Waals surface area (Å²) in [4.78, 5) is 10.4. The molecule has 0 amide bonds. The van der Waals surface area contributed by atoms with Gasteiger partial charge in [-0.15, -0.1) is 0 Å². The molecule has 0 aliphatic carbocycles. The monoisotopic (exact) mass is 220 g/mol. The van der Waals surface area contributed by atoms with Crippen LogP contribution in [0.5, 0.6) is 0 Å². The number of rotatable bonds is 2. The maximum atomic E-state index is 5.84. The van der Waals surface area contributed by atoms with Crippen molar-refractivity contribution in [3.63, 3.8) is 0 Å². The molecule has 0 radical (unpaired) electrons. The molecule has 2 heterocycles. The van der Waals surface area contributed by atoms with Crippen molar-refractivity contribution in [1.82, 2.24) is 0 Å². The van der Waals surface area contributed by atoms with E-state index in [-0.39, 0.29) is 6.29 Å². The largest absolute Gasteiger partial charge is 0.456 e. The molecule has 5 heteroatoms. The molecule has 1 atom stereocenters. The van der Waals surface area contributed by atoms with E-state index in [0.29, 0.717) is 0 Å². The summed E-state index contributed by atoms with van der Waals surface area (Å²) in [6.07, 6.45) is 3.88. The second kappa shape index (κ2) is 4.09. The lowest BCUT2D eigenvalue weighted by atomic mass is 10.2. The van der Waals surface area contributed by atoms with Gasteiger partial charge in [-0.2, -0.15) is 0 Å². The van der Waals surface area contributed by atoms with E-state index in [1.165, 1.54) is 0 Å². The first-order chi connectivity index (χ1) is 7.69. The lowest BCUT2D eigenvalue weighted by Gasteiger charge is -2.25. The zero-order chi connectivity index (χ0) is 11.7. The average molecular weight is 220 g/mol. The number of nitrogens with two attached hydrogens (primary N) is 1. The summed E-state index contributed by atoms with van der Waals surface area (Å²) in [5, 5.41) is 0. The molecule has 0 aromatic carbocycles. The number of hydrogen-bond donors (Lipinski definition) is 1. The van der Waals surface area contributed by atoms with Crippen LogP contribution in [-0.2, 0) is 6.42 Å². The average Bonchev–Trinajstić information content (AvgIpc) is 2.63. The van der Waals surface area contributed by atoms with E-state index in [4.69, 9.17) is 10.2 Å². The zero-order valence-electron chi connectivity index (χ0n) is 9.77. The van der Waals surface area contributed by atoms with Gasteiger partial charge in [-0.25, -0.2) is 4.99 Å². The number of nitrogens with zero attached hydrogens (tertiary/aromatic N) is 3. The number of furan rings is 1. The van der Waals surface area contributed by atoms with Gasteiger partial charge in [0.15, 0.2) is 12.0 Å². The normalized spacial score (nSPS) is 19.5. The molecule has 16 heavy (non-hydrogen) atoms. The Bertz CT molecular complexity index is 447. The van der Waals surface area contributed by atoms with E-state index in [0.717, 1.165) is 29.3 Å². The Hall–Kier alpha value is -1.62. The molecular weight excluding hydrogens is 204 g/mol. The lowest BCUT2D eigenvalue weighted by molar-refractivity contribution is 0.506. The quantitative estimate of drug-likeness (QED) is 0.771. The molecule has 0 bridgehead atoms. The topological polar surface area (TPSA) is 67.1 Å². The van der Waals surface area contributed by atoms with Gasteiger partial charge in [-0.3, -0.25) is 10.7 Å². The van der Waals surface area contributed by atoms with Gasteiger partial charge in [0, 0.05) is 19.7 Å². The van der Waals surface area contributed by atoms with Crippen molar-refractivity contribution in [2.75, 3.05) is 11.9 Å². The smallest absolute Gasteiger partial charge is 0.173 e. The van der Waals surface area contributed by atoms with Crippen LogP contribution in [0, 0.1) is 0 Å². The van der Waals surface area contributed by atoms with Crippen molar-refractivity contribution >= 4 is 23.8 Å². The van der Waals surface area contributed by atoms with Crippen LogP contribution in [0.1, 0.15) is 25.4 Å². The van der Waals surface area contributed by atoms with Crippen LogP contribution in [0.15, 0.2) is 14.4 Å². The van der Waals surface area contributed by atoms with E-state index in [1.807, 2.05) is 25.8 Å². The van der Waals surface area contributed by atoms with Crippen molar-refractivity contribution < 1.29 is 4.42 Å². The van der Waals surface area contributed by atoms with E-state index >= 15 is 0 Å². The van der Waals surface area contributed by atoms with Crippen LogP contribution in [-0.4, -0.2) is 25.8 Å². The molecule has 1 unspecified atom stereocenters. The third-order valence-electron chi connectivity index (χ3n) is 2.63. The van der Waals surface area contributed by atoms with Crippen LogP contribution in [0.25, 0.3) is 0 Å². The Kier molecular flexibility index (Phi) is 2.78. The standard InChI is InChI=1S/C11H16N4O/c1-4-7-9(13-5-2)10-8(16-7)6-14-11(12)15(10)3/h5-6,11H,4,12H2,1-3H3. The molecule has 86 valence electrons. The number of hydrogen-bond acceptors (Lipinski definition) is 5. The van der Waals surface area contributed by atoms with Crippen molar-refractivity contribution in [3.05, 3.63) is 11.5 Å². The molecule has 5 nitrogen and oxygen atoms in total. The molecule has 2 rings (SSSR count). The van der Waals surface area contributed by atoms with Crippen LogP contribution >= 0.6 is 0 Å². The summed E-state index contributed by atoms with van der Waals surface area (Å²) in [5.41, 5.74) is 7.64. The minimum Gasteiger partial charge on any atom is -0.456 e. The van der Waals surface area contributed by atoms with Crippen LogP contribution in [0.4, 0.5) is 11.4 Å². The molecular formula is C11H16N4O. The SMILES string of the molecule is CC=Nc1c(CC)oc2c1N(C)C(N)N=C2. The van der Waals surface area contributed by atoms with Crippen molar-refractivity contribution in [3.8, 4) is 0 Å². The highest BCUT2D eigenvalue weighted by atomic mass is 16.3. The third kappa shape index (κ3) is 1.53. The van der Waals surface area contributed by atoms with Gasteiger partial charge in [0.25, 0.3) is 0 Å². The fraction of sp³-hybridized carbons (Fsp3) is 0.455. The Balaban J connectivity index is 2.59. The Morgan fingerprint density at radius 3 is 3.06 bits per heavy atom. The Labute approximate surface area is 94.7 Å². The van der Waals surface area contributed by atoms with Gasteiger partial charge in [-0.05, 0) is 6.92 Å². The first kappa shape index (κ1) is 10.9. The predicted molar refractivity (Wildman–Crippen MR) is 65.9 cm³/mol. The maximum Gasteiger partial charge on any atom is 0.173 e. The molecule has 0 saturated heterocycles. The van der Waals surface area contributed by atoms with E-state index < -0.39 is 0 Å². The Morgan fingerprint density at radius 1 is 1.69 bits per heavy atom. The molecule has 1 aliphatic rings. The zero-order valence-corrected chi connectivity index (χ0v) is 9.77. The van der Waals surface area contributed by atoms with Gasteiger partial charge in [0.05, 0.1) is 6.21 Å². The minimum absolute atomic E-state index is 0.361. The fourth-order valence-electron chi connectivity index (χ4n) is 1.78. The van der Waals surface area contributed by atoms with Crippen LogP contribution in [0.2, 0.25) is 0 Å². The molecule has 0 fully saturated rings. The van der Waals surface area contributed by atoms with Gasteiger partial charge < -0.3 is 9.32 Å². The number of anilines is 1. The van der Waals surface area contributed by atoms with E-state index in [1.54, 1.807) is 12.4 Å². The van der Waals surface area contributed by atoms with Gasteiger partial charge in [0.1, 0.15) is 17.1 Å². The summed E-state index contributed by atoms with van der Waals surface area (Å²) in [7, 11) is 1.89. The first-order valence-electron chi connectivity index (χ1n) is 5.35. The number of aryl methyl sites for hydroxylation is 1. The highest BCUT2D eigenvalue weighted by Gasteiger charge is 2.26. The molecule has 2 N–H and O–H groups in total. The van der Waals surface area contributed by atoms with Crippen molar-refractivity contribution in [1.29, 1.82) is 0 Å². The second-order valence-electron chi connectivity index (χ2n) is 3.63. The number of aliphatic imine (C=N–C) groups is 2. The summed E-state index contributed by atoms with van der Waals surface area (Å²) in [5.74, 6) is 1.61. The first-order valence-corrected chi connectivity index (χ1v) is 5.35. The predicted octanol–water partition coefficient (Wildman–Crippen LogP) is 1.68. The molecule has 1 aliphatic heterocycles. The van der Waals surface area contributed by atoms with Gasteiger partial charge in [-0.1, -0.05) is 6.92 Å². The molecule has 0 spiro atoms. The van der Waals surface area contributed by atoms with E-state index in [2.05, 4.69) is 9.98 Å². The number of fused-ring (bicyclic) bond motifs is 1. The summed E-state index contributed by atoms with van der Waals surface area (Å²) in [6.45, 7) is 3.92. The summed E-state index contributed by atoms with van der Waals surface area (Å²) >= 11 is 0. The fourth-order valence-corrected chi connectivity index (χ4v) is 1.78. The van der Waals surface area contributed by atoms with Gasteiger partial charge in [0.2, 0.25) is 0 Å². The summed E-state index contributed by atoms with van der Waals surface area (Å²) < 4.78 is 5.70. The molecule has 1 aromatic heterocycles. The highest BCUT2D eigenvalue weighted by Crippen LogP contribution is 2.39. The van der Waals surface area contributed by atoms with Crippen molar-refractivity contribution in [2.24, 2.45) is 15.7 Å². The third-order valence-corrected chi connectivity index (χ3v) is 2.63. The van der Waals surface area contributed by atoms with Gasteiger partial charge >= 0.3 is 0 Å².